The van der Waals surface area contributed by atoms with Gasteiger partial charge in [-0.2, -0.15) is 0 Å². The molecule has 4 saturated carbocycles. The largest absolute Gasteiger partial charge is 0.493 e. The second-order valence-corrected chi connectivity index (χ2v) is 11.4. The molecule has 194 valence electrons. The molecule has 0 spiro atoms. The zero-order valence-electron chi connectivity index (χ0n) is 21.0. The molecule has 0 radical (unpaired) electrons. The normalized spacial score (nSPS) is 26.1. The number of aryl methyl sites for hydroxylation is 1. The number of aliphatic imine (C=N–C) groups is 1. The summed E-state index contributed by atoms with van der Waals surface area (Å²) in [7, 11) is 1.60. The summed E-state index contributed by atoms with van der Waals surface area (Å²) in [5.74, 6) is 1.50. The summed E-state index contributed by atoms with van der Waals surface area (Å²) < 4.78 is 7.66. The van der Waals surface area contributed by atoms with Gasteiger partial charge >= 0.3 is 11.4 Å². The van der Waals surface area contributed by atoms with Crippen LogP contribution in [0.4, 0.5) is 5.69 Å². The molecular weight excluding hydrogens is 484 g/mol. The van der Waals surface area contributed by atoms with Gasteiger partial charge in [0.15, 0.2) is 5.58 Å². The molecule has 38 heavy (non-hydrogen) atoms. The molecule has 0 aliphatic heterocycles. The van der Waals surface area contributed by atoms with Gasteiger partial charge in [0.25, 0.3) is 5.56 Å². The number of hydrogen-bond acceptors (Lipinski definition) is 6. The van der Waals surface area contributed by atoms with Gasteiger partial charge < -0.3 is 9.52 Å². The highest BCUT2D eigenvalue weighted by Crippen LogP contribution is 2.60. The monoisotopic (exact) mass is 512 g/mol. The predicted octanol–water partition coefficient (Wildman–Crippen LogP) is 3.89. The molecular formula is C29H28N4O5. The Kier molecular flexibility index (Phi) is 4.95. The first-order valence-electron chi connectivity index (χ1n) is 13.1. The van der Waals surface area contributed by atoms with Crippen LogP contribution in [-0.2, 0) is 12.5 Å². The Morgan fingerprint density at radius 1 is 1.00 bits per heavy atom. The van der Waals surface area contributed by atoms with E-state index in [9.17, 15) is 19.5 Å². The third-order valence-corrected chi connectivity index (χ3v) is 9.02. The van der Waals surface area contributed by atoms with Crippen LogP contribution in [0.5, 0.6) is 5.88 Å². The van der Waals surface area contributed by atoms with E-state index in [1.54, 1.807) is 25.2 Å². The third-order valence-electron chi connectivity index (χ3n) is 9.02. The molecule has 0 saturated heterocycles. The van der Waals surface area contributed by atoms with Crippen molar-refractivity contribution in [3.8, 4) is 11.6 Å². The van der Waals surface area contributed by atoms with E-state index in [1.807, 2.05) is 12.1 Å². The molecule has 9 heteroatoms. The molecule has 4 aromatic rings. The summed E-state index contributed by atoms with van der Waals surface area (Å²) in [4.78, 5) is 43.6. The summed E-state index contributed by atoms with van der Waals surface area (Å²) >= 11 is 0. The van der Waals surface area contributed by atoms with Crippen molar-refractivity contribution in [2.75, 3.05) is 0 Å². The zero-order chi connectivity index (χ0) is 26.2. The van der Waals surface area contributed by atoms with Crippen LogP contribution >= 0.6 is 0 Å². The number of oxazole rings is 1. The lowest BCUT2D eigenvalue weighted by molar-refractivity contribution is -0.00518. The molecule has 4 fully saturated rings. The molecule has 0 amide bonds. The number of hydrogen-bond donors (Lipinski definition) is 2. The fourth-order valence-corrected chi connectivity index (χ4v) is 7.66. The Labute approximate surface area is 217 Å². The van der Waals surface area contributed by atoms with Crippen molar-refractivity contribution in [3.05, 3.63) is 85.0 Å². The van der Waals surface area contributed by atoms with Gasteiger partial charge in [-0.15, -0.1) is 0 Å². The molecule has 9 nitrogen and oxygen atoms in total. The number of aromatic nitrogens is 3. The van der Waals surface area contributed by atoms with Crippen molar-refractivity contribution >= 4 is 23.0 Å². The Balaban J connectivity index is 1.22. The van der Waals surface area contributed by atoms with Gasteiger partial charge in [-0.05, 0) is 91.5 Å². The maximum absolute atomic E-state index is 12.7. The molecule has 2 aromatic carbocycles. The minimum Gasteiger partial charge on any atom is -0.493 e. The maximum atomic E-state index is 12.7. The second kappa shape index (κ2) is 8.18. The Hall–Kier alpha value is -4.14. The van der Waals surface area contributed by atoms with Crippen LogP contribution in [0, 0.1) is 17.8 Å². The zero-order valence-corrected chi connectivity index (χ0v) is 21.0. The van der Waals surface area contributed by atoms with E-state index in [0.717, 1.165) is 22.3 Å². The number of benzene rings is 2. The average Bonchev–Trinajstić information content (AvgIpc) is 3.16. The Morgan fingerprint density at radius 2 is 1.66 bits per heavy atom. The van der Waals surface area contributed by atoms with E-state index in [2.05, 4.69) is 22.1 Å². The molecule has 4 aliphatic carbocycles. The van der Waals surface area contributed by atoms with Crippen molar-refractivity contribution in [1.29, 1.82) is 0 Å². The van der Waals surface area contributed by atoms with Gasteiger partial charge in [-0.25, -0.2) is 14.2 Å². The van der Waals surface area contributed by atoms with E-state index in [0.29, 0.717) is 22.5 Å². The minimum atomic E-state index is -0.745. The molecule has 8 rings (SSSR count). The number of H-pyrrole nitrogens is 1. The topological polar surface area (TPSA) is 123 Å². The van der Waals surface area contributed by atoms with Crippen LogP contribution in [0.15, 0.2) is 66.3 Å². The van der Waals surface area contributed by atoms with Crippen LogP contribution in [0.3, 0.4) is 0 Å². The smallest absolute Gasteiger partial charge is 0.419 e. The van der Waals surface area contributed by atoms with E-state index in [4.69, 9.17) is 4.42 Å². The summed E-state index contributed by atoms with van der Waals surface area (Å²) in [6, 6.07) is 12.8. The number of nitrogens with one attached hydrogen (secondary N) is 1. The molecule has 0 atom stereocenters. The number of fused-ring (bicyclic) bond motifs is 1. The third kappa shape index (κ3) is 3.52. The van der Waals surface area contributed by atoms with Crippen molar-refractivity contribution in [2.45, 2.75) is 43.9 Å². The summed E-state index contributed by atoms with van der Waals surface area (Å²) in [5.41, 5.74) is 1.77. The molecule has 2 aromatic heterocycles. The fraction of sp³-hybridized carbons (Fsp3) is 0.379. The summed E-state index contributed by atoms with van der Waals surface area (Å²) in [6.07, 6.45) is 9.03. The van der Waals surface area contributed by atoms with Crippen LogP contribution in [-0.4, -0.2) is 25.4 Å². The SMILES string of the molecule is Cn1c(=O)oc2cc(N=Cc3c(O)n(-c4ccc(C56CC7CC(CC(C7)C5)C6)cc4)c(=O)[nH]c3=O)ccc21. The Bertz CT molecular complexity index is 1750. The van der Waals surface area contributed by atoms with Gasteiger partial charge in [0, 0.05) is 19.3 Å². The van der Waals surface area contributed by atoms with Gasteiger partial charge in [-0.1, -0.05) is 12.1 Å². The standard InChI is InChI=1S/C29H28N4O5/c1-32-23-7-4-20(11-24(23)38-28(32)37)30-15-22-25(34)31-27(36)33(26(22)35)21-5-2-19(3-6-21)29-12-16-8-17(13-29)10-18(9-16)14-29/h2-7,11,15-18,35H,8-10,12-14H2,1H3,(H,31,34,36). The van der Waals surface area contributed by atoms with Crippen molar-refractivity contribution in [2.24, 2.45) is 29.8 Å². The first-order valence-corrected chi connectivity index (χ1v) is 13.1. The highest BCUT2D eigenvalue weighted by atomic mass is 16.4. The minimum absolute atomic E-state index is 0.149. The number of aromatic hydroxyl groups is 1. The molecule has 4 bridgehead atoms. The number of nitrogens with zero attached hydrogens (tertiary/aromatic N) is 3. The van der Waals surface area contributed by atoms with Gasteiger partial charge in [0.05, 0.1) is 16.9 Å². The quantitative estimate of drug-likeness (QED) is 0.402. The fourth-order valence-electron chi connectivity index (χ4n) is 7.66. The highest BCUT2D eigenvalue weighted by Gasteiger charge is 2.51. The van der Waals surface area contributed by atoms with Crippen molar-refractivity contribution in [1.82, 2.24) is 14.1 Å². The lowest BCUT2D eigenvalue weighted by atomic mass is 9.48. The molecule has 4 aliphatic rings. The van der Waals surface area contributed by atoms with Gasteiger partial charge in [0.1, 0.15) is 5.56 Å². The van der Waals surface area contributed by atoms with E-state index >= 15 is 0 Å². The summed E-state index contributed by atoms with van der Waals surface area (Å²) in [6.45, 7) is 0. The van der Waals surface area contributed by atoms with Crippen molar-refractivity contribution in [3.63, 3.8) is 0 Å². The van der Waals surface area contributed by atoms with Crippen LogP contribution in [0.2, 0.25) is 0 Å². The van der Waals surface area contributed by atoms with E-state index in [-0.39, 0.29) is 11.0 Å². The lowest BCUT2D eigenvalue weighted by Crippen LogP contribution is -2.48. The lowest BCUT2D eigenvalue weighted by Gasteiger charge is -2.57. The van der Waals surface area contributed by atoms with Crippen LogP contribution in [0.1, 0.15) is 49.7 Å². The average molecular weight is 513 g/mol. The Morgan fingerprint density at radius 3 is 2.32 bits per heavy atom. The first-order chi connectivity index (χ1) is 18.3. The van der Waals surface area contributed by atoms with Gasteiger partial charge in [-0.3, -0.25) is 19.3 Å². The molecule has 2 N–H and O–H groups in total. The summed E-state index contributed by atoms with van der Waals surface area (Å²) in [5, 5.41) is 11.0. The van der Waals surface area contributed by atoms with Gasteiger partial charge in [0.2, 0.25) is 5.88 Å². The molecule has 0 unspecified atom stereocenters. The van der Waals surface area contributed by atoms with Crippen molar-refractivity contribution < 1.29 is 9.52 Å². The van der Waals surface area contributed by atoms with Crippen LogP contribution in [0.25, 0.3) is 16.8 Å². The number of rotatable bonds is 4. The van der Waals surface area contributed by atoms with E-state index in [1.165, 1.54) is 54.9 Å². The predicted molar refractivity (Wildman–Crippen MR) is 143 cm³/mol. The van der Waals surface area contributed by atoms with Crippen LogP contribution < -0.4 is 17.0 Å². The number of aromatic amines is 1. The first kappa shape index (κ1) is 23.0. The second-order valence-electron chi connectivity index (χ2n) is 11.4. The maximum Gasteiger partial charge on any atom is 0.419 e. The van der Waals surface area contributed by atoms with E-state index < -0.39 is 22.9 Å². The highest BCUT2D eigenvalue weighted by molar-refractivity contribution is 5.85. The molecule has 2 heterocycles.